The van der Waals surface area contributed by atoms with E-state index in [1.807, 2.05) is 115 Å². The fraction of sp³-hybridized carbons (Fsp3) is 0.122. The fourth-order valence-corrected chi connectivity index (χ4v) is 7.18. The molecule has 0 saturated heterocycles. The third-order valence-corrected chi connectivity index (χ3v) is 9.49. The number of nitrogens with zero attached hydrogens (tertiary/aromatic N) is 3. The molecule has 0 bridgehead atoms. The van der Waals surface area contributed by atoms with Gasteiger partial charge in [-0.1, -0.05) is 102 Å². The number of thiazole rings is 1. The molecule has 8 nitrogen and oxygen atoms in total. The van der Waals surface area contributed by atoms with E-state index in [1.165, 1.54) is 11.3 Å². The van der Waals surface area contributed by atoms with Crippen LogP contribution >= 0.6 is 11.3 Å². The molecule has 0 aliphatic carbocycles. The number of benzene rings is 5. The lowest BCUT2D eigenvalue weighted by molar-refractivity contribution is -0.138. The number of carbonyl (C=O) groups is 1. The van der Waals surface area contributed by atoms with Crippen LogP contribution < -0.4 is 24.4 Å². The first-order valence-electron chi connectivity index (χ1n) is 16.1. The maximum atomic E-state index is 14.5. The largest absolute Gasteiger partial charge is 0.496 e. The molecule has 0 amide bonds. The van der Waals surface area contributed by atoms with Gasteiger partial charge in [0.05, 0.1) is 41.2 Å². The molecule has 7 rings (SSSR count). The lowest BCUT2D eigenvalue weighted by atomic mass is 9.89. The Morgan fingerprint density at radius 2 is 1.68 bits per heavy atom. The van der Waals surface area contributed by atoms with Gasteiger partial charge in [-0.2, -0.15) is 5.26 Å². The van der Waals surface area contributed by atoms with Crippen LogP contribution in [0.1, 0.15) is 40.8 Å². The number of carbonyl (C=O) groups excluding carboxylic acids is 1. The summed E-state index contributed by atoms with van der Waals surface area (Å²) >= 11 is 1.25. The molecule has 1 aliphatic heterocycles. The minimum Gasteiger partial charge on any atom is -0.496 e. The van der Waals surface area contributed by atoms with Crippen molar-refractivity contribution in [3.05, 3.63) is 168 Å². The van der Waals surface area contributed by atoms with Crippen LogP contribution in [-0.2, 0) is 16.1 Å². The summed E-state index contributed by atoms with van der Waals surface area (Å²) in [6, 6.07) is 37.1. The van der Waals surface area contributed by atoms with E-state index in [2.05, 4.69) is 6.07 Å². The summed E-state index contributed by atoms with van der Waals surface area (Å²) in [4.78, 5) is 33.9. The number of methoxy groups -OCH3 is 1. The predicted octanol–water partition coefficient (Wildman–Crippen LogP) is 6.55. The van der Waals surface area contributed by atoms with E-state index < -0.39 is 12.0 Å². The number of rotatable bonds is 9. The SMILES string of the molecule is CCOC(=O)C1=C(c2ccccc2)N=c2s/c(=C\c3ccc(OCc4ccccc4C#N)cc3)c(=O)n2[C@@H]1c1c(OC)ccc2ccccc12. The molecule has 0 radical (unpaired) electrons. The van der Waals surface area contributed by atoms with E-state index in [0.717, 1.165) is 27.5 Å². The third kappa shape index (κ3) is 6.09. The highest BCUT2D eigenvalue weighted by Gasteiger charge is 2.37. The Morgan fingerprint density at radius 1 is 0.940 bits per heavy atom. The zero-order valence-corrected chi connectivity index (χ0v) is 28.1. The van der Waals surface area contributed by atoms with Crippen LogP contribution in [0.3, 0.4) is 0 Å². The van der Waals surface area contributed by atoms with E-state index in [1.54, 1.807) is 24.7 Å². The van der Waals surface area contributed by atoms with Crippen LogP contribution in [0.4, 0.5) is 0 Å². The van der Waals surface area contributed by atoms with Crippen molar-refractivity contribution in [3.63, 3.8) is 0 Å². The number of aromatic nitrogens is 1. The van der Waals surface area contributed by atoms with E-state index in [-0.39, 0.29) is 24.3 Å². The van der Waals surface area contributed by atoms with Gasteiger partial charge < -0.3 is 14.2 Å². The van der Waals surface area contributed by atoms with Crippen molar-refractivity contribution >= 4 is 39.9 Å². The normalized spacial score (nSPS) is 14.1. The van der Waals surface area contributed by atoms with Crippen LogP contribution in [0, 0.1) is 11.3 Å². The summed E-state index contributed by atoms with van der Waals surface area (Å²) in [5.41, 5.74) is 3.95. The first-order chi connectivity index (χ1) is 24.5. The van der Waals surface area contributed by atoms with Crippen molar-refractivity contribution in [2.45, 2.75) is 19.6 Å². The summed E-state index contributed by atoms with van der Waals surface area (Å²) in [5.74, 6) is 0.607. The second kappa shape index (κ2) is 14.1. The molecule has 0 unspecified atom stereocenters. The van der Waals surface area contributed by atoms with Crippen LogP contribution in [0.15, 0.2) is 131 Å². The minimum atomic E-state index is -0.893. The molecular weight excluding hydrogens is 647 g/mol. The average Bonchev–Trinajstić information content (AvgIpc) is 3.47. The summed E-state index contributed by atoms with van der Waals surface area (Å²) in [7, 11) is 1.58. The van der Waals surface area contributed by atoms with Gasteiger partial charge in [-0.05, 0) is 53.6 Å². The number of hydrogen-bond donors (Lipinski definition) is 0. The van der Waals surface area contributed by atoms with Crippen molar-refractivity contribution in [2.24, 2.45) is 4.99 Å². The van der Waals surface area contributed by atoms with Crippen LogP contribution in [-0.4, -0.2) is 24.3 Å². The lowest BCUT2D eigenvalue weighted by Crippen LogP contribution is -2.40. The highest BCUT2D eigenvalue weighted by atomic mass is 32.1. The van der Waals surface area contributed by atoms with Crippen molar-refractivity contribution < 1.29 is 19.0 Å². The molecule has 1 aromatic heterocycles. The Morgan fingerprint density at radius 3 is 2.44 bits per heavy atom. The summed E-state index contributed by atoms with van der Waals surface area (Å²) in [6.45, 7) is 2.16. The number of nitriles is 1. The van der Waals surface area contributed by atoms with Gasteiger partial charge in [-0.25, -0.2) is 9.79 Å². The highest BCUT2D eigenvalue weighted by Crippen LogP contribution is 2.42. The number of esters is 1. The maximum absolute atomic E-state index is 14.5. The Labute approximate surface area is 292 Å². The molecule has 0 saturated carbocycles. The van der Waals surface area contributed by atoms with E-state index in [9.17, 15) is 14.9 Å². The number of hydrogen-bond acceptors (Lipinski definition) is 8. The fourth-order valence-electron chi connectivity index (χ4n) is 6.18. The quantitative estimate of drug-likeness (QED) is 0.161. The molecular formula is C41H31N3O5S. The third-order valence-electron chi connectivity index (χ3n) is 8.51. The first kappa shape index (κ1) is 32.3. The zero-order chi connectivity index (χ0) is 34.6. The van der Waals surface area contributed by atoms with Crippen molar-refractivity contribution in [2.75, 3.05) is 13.7 Å². The van der Waals surface area contributed by atoms with Gasteiger partial charge in [-0.15, -0.1) is 0 Å². The molecule has 5 aromatic carbocycles. The Hall–Kier alpha value is -6.24. The van der Waals surface area contributed by atoms with Crippen molar-refractivity contribution in [3.8, 4) is 17.6 Å². The molecule has 0 spiro atoms. The number of ether oxygens (including phenoxy) is 3. The van der Waals surface area contributed by atoms with Crippen LogP contribution in [0.25, 0.3) is 22.5 Å². The van der Waals surface area contributed by atoms with Crippen LogP contribution in [0.2, 0.25) is 0 Å². The number of fused-ring (bicyclic) bond motifs is 2. The van der Waals surface area contributed by atoms with E-state index in [0.29, 0.717) is 37.7 Å². The van der Waals surface area contributed by atoms with Gasteiger partial charge in [0.25, 0.3) is 5.56 Å². The summed E-state index contributed by atoms with van der Waals surface area (Å²) in [5, 5.41) is 11.2. The van der Waals surface area contributed by atoms with E-state index >= 15 is 0 Å². The highest BCUT2D eigenvalue weighted by molar-refractivity contribution is 7.07. The van der Waals surface area contributed by atoms with Gasteiger partial charge in [0.2, 0.25) is 0 Å². The Kier molecular flexibility index (Phi) is 9.10. The molecule has 2 heterocycles. The lowest BCUT2D eigenvalue weighted by Gasteiger charge is -2.28. The average molecular weight is 678 g/mol. The molecule has 9 heteroatoms. The van der Waals surface area contributed by atoms with Gasteiger partial charge in [0.15, 0.2) is 4.80 Å². The molecule has 6 aromatic rings. The van der Waals surface area contributed by atoms with Gasteiger partial charge >= 0.3 is 5.97 Å². The molecule has 0 N–H and O–H groups in total. The molecule has 1 atom stereocenters. The van der Waals surface area contributed by atoms with Crippen molar-refractivity contribution in [1.29, 1.82) is 5.26 Å². The monoisotopic (exact) mass is 677 g/mol. The topological polar surface area (TPSA) is 103 Å². The van der Waals surface area contributed by atoms with Crippen LogP contribution in [0.5, 0.6) is 11.5 Å². The second-order valence-corrected chi connectivity index (χ2v) is 12.5. The molecule has 0 fully saturated rings. The van der Waals surface area contributed by atoms with Crippen molar-refractivity contribution in [1.82, 2.24) is 4.57 Å². The van der Waals surface area contributed by atoms with Gasteiger partial charge in [0.1, 0.15) is 24.1 Å². The second-order valence-electron chi connectivity index (χ2n) is 11.5. The molecule has 246 valence electrons. The smallest absolute Gasteiger partial charge is 0.338 e. The first-order valence-corrected chi connectivity index (χ1v) is 16.9. The Bertz CT molecular complexity index is 2490. The zero-order valence-electron chi connectivity index (χ0n) is 27.3. The summed E-state index contributed by atoms with van der Waals surface area (Å²) in [6.07, 6.45) is 1.81. The molecule has 50 heavy (non-hydrogen) atoms. The van der Waals surface area contributed by atoms with Gasteiger partial charge in [0, 0.05) is 16.7 Å². The van der Waals surface area contributed by atoms with E-state index in [4.69, 9.17) is 19.2 Å². The van der Waals surface area contributed by atoms with Gasteiger partial charge in [-0.3, -0.25) is 9.36 Å². The predicted molar refractivity (Wildman–Crippen MR) is 193 cm³/mol. The maximum Gasteiger partial charge on any atom is 0.338 e. The minimum absolute atomic E-state index is 0.152. The molecule has 1 aliphatic rings. The summed E-state index contributed by atoms with van der Waals surface area (Å²) < 4.78 is 19.6. The Balaban J connectivity index is 1.39. The standard InChI is InChI=1S/C41H31N3O5S/c1-3-48-40(46)36-37(28-12-5-4-6-13-28)43-41-44(38(36)35-32-16-10-9-11-27(32)19-22-33(35)47-2)39(45)34(50-41)23-26-17-20-31(21-18-26)49-25-30-15-8-7-14-29(30)24-42/h4-23,38H,3,25H2,1-2H3/b34-23-/t38-/m1/s1.